The number of aryl methyl sites for hydroxylation is 1. The van der Waals surface area contributed by atoms with E-state index in [4.69, 9.17) is 17.0 Å². The average Bonchev–Trinajstić information content (AvgIpc) is 2.54. The van der Waals surface area contributed by atoms with Crippen LogP contribution in [0.1, 0.15) is 25.8 Å². The second-order valence-electron chi connectivity index (χ2n) is 5.92. The van der Waals surface area contributed by atoms with Gasteiger partial charge in [-0.05, 0) is 74.8 Å². The van der Waals surface area contributed by atoms with E-state index in [9.17, 15) is 4.39 Å². The van der Waals surface area contributed by atoms with Crippen LogP contribution < -0.4 is 15.4 Å². The van der Waals surface area contributed by atoms with Crippen LogP contribution in [0.25, 0.3) is 0 Å². The Morgan fingerprint density at radius 2 is 2.04 bits per heavy atom. The van der Waals surface area contributed by atoms with Crippen molar-refractivity contribution in [3.63, 3.8) is 0 Å². The Balaban J connectivity index is 1.74. The highest BCUT2D eigenvalue weighted by Gasteiger charge is 2.05. The van der Waals surface area contributed by atoms with E-state index in [0.29, 0.717) is 21.8 Å². The first-order chi connectivity index (χ1) is 11.9. The molecule has 3 nitrogen and oxygen atoms in total. The maximum Gasteiger partial charge on any atom is 0.170 e. The van der Waals surface area contributed by atoms with Gasteiger partial charge in [0.1, 0.15) is 11.6 Å². The van der Waals surface area contributed by atoms with Crippen molar-refractivity contribution in [2.75, 3.05) is 11.9 Å². The number of benzene rings is 2. The topological polar surface area (TPSA) is 33.3 Å². The van der Waals surface area contributed by atoms with Gasteiger partial charge < -0.3 is 15.4 Å². The highest BCUT2D eigenvalue weighted by molar-refractivity contribution is 9.10. The molecule has 0 fully saturated rings. The average molecular weight is 425 g/mol. The second kappa shape index (κ2) is 9.73. The number of halogens is 2. The third kappa shape index (κ3) is 7.00. The molecule has 134 valence electrons. The van der Waals surface area contributed by atoms with Gasteiger partial charge >= 0.3 is 0 Å². The Bertz CT molecular complexity index is 724. The van der Waals surface area contributed by atoms with Gasteiger partial charge in [-0.15, -0.1) is 0 Å². The summed E-state index contributed by atoms with van der Waals surface area (Å²) in [7, 11) is 0. The molecule has 0 aliphatic rings. The van der Waals surface area contributed by atoms with Gasteiger partial charge in [-0.25, -0.2) is 4.39 Å². The fraction of sp³-hybridized carbons (Fsp3) is 0.316. The highest BCUT2D eigenvalue weighted by atomic mass is 79.9. The summed E-state index contributed by atoms with van der Waals surface area (Å²) in [6.07, 6.45) is 1.99. The molecule has 0 saturated carbocycles. The lowest BCUT2D eigenvalue weighted by atomic mass is 10.1. The predicted molar refractivity (Wildman–Crippen MR) is 109 cm³/mol. The van der Waals surface area contributed by atoms with Crippen molar-refractivity contribution < 1.29 is 9.13 Å². The Labute approximate surface area is 162 Å². The SMILES string of the molecule is CC(C)Oc1cccc(CCCNC(=S)Nc2ccc(Br)cc2F)c1. The number of nitrogens with one attached hydrogen (secondary N) is 2. The quantitative estimate of drug-likeness (QED) is 0.466. The van der Waals surface area contributed by atoms with Crippen LogP contribution >= 0.6 is 28.1 Å². The molecule has 0 radical (unpaired) electrons. The molecule has 2 rings (SSSR count). The number of anilines is 1. The lowest BCUT2D eigenvalue weighted by Crippen LogP contribution is -2.29. The summed E-state index contributed by atoms with van der Waals surface area (Å²) >= 11 is 8.43. The smallest absolute Gasteiger partial charge is 0.170 e. The maximum atomic E-state index is 13.8. The van der Waals surface area contributed by atoms with E-state index in [0.717, 1.165) is 18.6 Å². The lowest BCUT2D eigenvalue weighted by molar-refractivity contribution is 0.242. The van der Waals surface area contributed by atoms with Crippen LogP contribution in [0.15, 0.2) is 46.9 Å². The highest BCUT2D eigenvalue weighted by Crippen LogP contribution is 2.19. The fourth-order valence-electron chi connectivity index (χ4n) is 2.30. The molecule has 0 unspecified atom stereocenters. The molecular formula is C19H22BrFN2OS. The van der Waals surface area contributed by atoms with Crippen molar-refractivity contribution in [3.8, 4) is 5.75 Å². The molecule has 0 aliphatic carbocycles. The van der Waals surface area contributed by atoms with Gasteiger partial charge in [-0.3, -0.25) is 0 Å². The Hall–Kier alpha value is -1.66. The maximum absolute atomic E-state index is 13.8. The number of hydrogen-bond donors (Lipinski definition) is 2. The van der Waals surface area contributed by atoms with E-state index in [1.807, 2.05) is 26.0 Å². The van der Waals surface area contributed by atoms with Crippen LogP contribution in [-0.4, -0.2) is 17.8 Å². The number of rotatable bonds is 7. The fourth-order valence-corrected chi connectivity index (χ4v) is 2.84. The summed E-state index contributed by atoms with van der Waals surface area (Å²) in [6.45, 7) is 4.73. The molecule has 2 aromatic carbocycles. The minimum absolute atomic E-state index is 0.166. The normalized spacial score (nSPS) is 10.6. The van der Waals surface area contributed by atoms with Crippen molar-refractivity contribution in [1.82, 2.24) is 5.32 Å². The molecule has 0 aliphatic heterocycles. The molecule has 0 amide bonds. The third-order valence-corrected chi connectivity index (χ3v) is 4.12. The largest absolute Gasteiger partial charge is 0.491 e. The molecule has 2 aromatic rings. The van der Waals surface area contributed by atoms with E-state index < -0.39 is 0 Å². The minimum atomic E-state index is -0.347. The van der Waals surface area contributed by atoms with Crippen LogP contribution in [0.5, 0.6) is 5.75 Å². The zero-order valence-electron chi connectivity index (χ0n) is 14.3. The minimum Gasteiger partial charge on any atom is -0.491 e. The van der Waals surface area contributed by atoms with E-state index >= 15 is 0 Å². The van der Waals surface area contributed by atoms with Gasteiger partial charge in [0, 0.05) is 11.0 Å². The van der Waals surface area contributed by atoms with Gasteiger partial charge in [0.2, 0.25) is 0 Å². The summed E-state index contributed by atoms with van der Waals surface area (Å²) in [5.74, 6) is 0.545. The lowest BCUT2D eigenvalue weighted by Gasteiger charge is -2.12. The summed E-state index contributed by atoms with van der Waals surface area (Å²) in [4.78, 5) is 0. The monoisotopic (exact) mass is 424 g/mol. The molecule has 0 spiro atoms. The summed E-state index contributed by atoms with van der Waals surface area (Å²) in [5.41, 5.74) is 1.58. The van der Waals surface area contributed by atoms with Crippen LogP contribution in [-0.2, 0) is 6.42 Å². The van der Waals surface area contributed by atoms with Gasteiger partial charge in [0.25, 0.3) is 0 Å². The van der Waals surface area contributed by atoms with Crippen LogP contribution in [0.3, 0.4) is 0 Å². The predicted octanol–water partition coefficient (Wildman–Crippen LogP) is 5.29. The number of hydrogen-bond acceptors (Lipinski definition) is 2. The molecule has 2 N–H and O–H groups in total. The first-order valence-corrected chi connectivity index (χ1v) is 9.39. The zero-order valence-corrected chi connectivity index (χ0v) is 16.7. The standard InChI is InChI=1S/C19H22BrFN2OS/c1-13(2)24-16-7-3-5-14(11-16)6-4-10-22-19(25)23-18-9-8-15(20)12-17(18)21/h3,5,7-9,11-13H,4,6,10H2,1-2H3,(H2,22,23,25). The third-order valence-electron chi connectivity index (χ3n) is 3.38. The van der Waals surface area contributed by atoms with Crippen molar-refractivity contribution in [2.24, 2.45) is 0 Å². The van der Waals surface area contributed by atoms with Gasteiger partial charge in [-0.2, -0.15) is 0 Å². The zero-order chi connectivity index (χ0) is 18.2. The Kier molecular flexibility index (Phi) is 7.65. The van der Waals surface area contributed by atoms with Crippen LogP contribution in [0.2, 0.25) is 0 Å². The van der Waals surface area contributed by atoms with Gasteiger partial charge in [0.15, 0.2) is 5.11 Å². The van der Waals surface area contributed by atoms with Crippen molar-refractivity contribution in [2.45, 2.75) is 32.8 Å². The van der Waals surface area contributed by atoms with Gasteiger partial charge in [-0.1, -0.05) is 28.1 Å². The second-order valence-corrected chi connectivity index (χ2v) is 7.25. The van der Waals surface area contributed by atoms with Crippen molar-refractivity contribution in [3.05, 3.63) is 58.3 Å². The molecule has 0 atom stereocenters. The molecule has 0 saturated heterocycles. The first kappa shape index (κ1) is 19.7. The molecule has 0 aromatic heterocycles. The molecule has 25 heavy (non-hydrogen) atoms. The molecule has 6 heteroatoms. The summed E-state index contributed by atoms with van der Waals surface area (Å²) in [5, 5.41) is 6.39. The number of ether oxygens (including phenoxy) is 1. The molecule has 0 bridgehead atoms. The molecule has 0 heterocycles. The Morgan fingerprint density at radius 3 is 2.76 bits per heavy atom. The summed E-state index contributed by atoms with van der Waals surface area (Å²) < 4.78 is 20.1. The number of thiocarbonyl (C=S) groups is 1. The van der Waals surface area contributed by atoms with Crippen LogP contribution in [0.4, 0.5) is 10.1 Å². The van der Waals surface area contributed by atoms with E-state index in [1.165, 1.54) is 11.6 Å². The van der Waals surface area contributed by atoms with Crippen LogP contribution in [0, 0.1) is 5.82 Å². The van der Waals surface area contributed by atoms with Crippen molar-refractivity contribution >= 4 is 38.9 Å². The van der Waals surface area contributed by atoms with Gasteiger partial charge in [0.05, 0.1) is 11.8 Å². The van der Waals surface area contributed by atoms with E-state index in [1.54, 1.807) is 12.1 Å². The Morgan fingerprint density at radius 1 is 1.24 bits per heavy atom. The summed E-state index contributed by atoms with van der Waals surface area (Å²) in [6, 6.07) is 12.9. The van der Waals surface area contributed by atoms with E-state index in [-0.39, 0.29) is 11.9 Å². The van der Waals surface area contributed by atoms with Crippen molar-refractivity contribution in [1.29, 1.82) is 0 Å². The van der Waals surface area contributed by atoms with E-state index in [2.05, 4.69) is 38.7 Å². The molecular weight excluding hydrogens is 403 g/mol. The first-order valence-electron chi connectivity index (χ1n) is 8.19.